The first-order chi connectivity index (χ1) is 9.03. The van der Waals surface area contributed by atoms with Crippen LogP contribution in [0.1, 0.15) is 32.3 Å². The minimum absolute atomic E-state index is 0.0317. The van der Waals surface area contributed by atoms with Crippen molar-refractivity contribution in [1.29, 1.82) is 0 Å². The zero-order valence-electron chi connectivity index (χ0n) is 11.9. The van der Waals surface area contributed by atoms with E-state index in [0.717, 1.165) is 12.1 Å². The zero-order valence-corrected chi connectivity index (χ0v) is 11.9. The maximum atomic E-state index is 12.0. The minimum atomic E-state index is -0.453. The van der Waals surface area contributed by atoms with Gasteiger partial charge < -0.3 is 11.1 Å². The molecule has 0 bridgehead atoms. The molecule has 0 aliphatic heterocycles. The van der Waals surface area contributed by atoms with E-state index in [2.05, 4.69) is 19.2 Å². The molecule has 0 aromatic heterocycles. The van der Waals surface area contributed by atoms with Gasteiger partial charge in [-0.2, -0.15) is 0 Å². The van der Waals surface area contributed by atoms with Crippen LogP contribution in [-0.2, 0) is 11.2 Å². The van der Waals surface area contributed by atoms with Gasteiger partial charge in [-0.3, -0.25) is 4.79 Å². The van der Waals surface area contributed by atoms with Gasteiger partial charge in [-0.15, -0.1) is 0 Å². The lowest BCUT2D eigenvalue weighted by Crippen LogP contribution is -2.44. The monoisotopic (exact) mass is 260 g/mol. The van der Waals surface area contributed by atoms with E-state index in [0.29, 0.717) is 17.8 Å². The lowest BCUT2D eigenvalue weighted by molar-refractivity contribution is -0.122. The molecule has 1 unspecified atom stereocenters. The maximum absolute atomic E-state index is 12.0. The zero-order chi connectivity index (χ0) is 13.9. The molecule has 19 heavy (non-hydrogen) atoms. The van der Waals surface area contributed by atoms with Crippen LogP contribution in [0.3, 0.4) is 0 Å². The summed E-state index contributed by atoms with van der Waals surface area (Å²) >= 11 is 0. The highest BCUT2D eigenvalue weighted by molar-refractivity contribution is 5.81. The van der Waals surface area contributed by atoms with Crippen molar-refractivity contribution < 1.29 is 4.79 Å². The number of carbonyl (C=O) groups is 1. The van der Waals surface area contributed by atoms with E-state index in [9.17, 15) is 4.79 Å². The van der Waals surface area contributed by atoms with E-state index in [4.69, 9.17) is 5.73 Å². The average molecular weight is 260 g/mol. The third-order valence-corrected chi connectivity index (χ3v) is 4.37. The Morgan fingerprint density at radius 3 is 2.47 bits per heavy atom. The first-order valence-electron chi connectivity index (χ1n) is 7.11. The van der Waals surface area contributed by atoms with Gasteiger partial charge in [0, 0.05) is 6.54 Å². The van der Waals surface area contributed by atoms with Crippen molar-refractivity contribution in [1.82, 2.24) is 5.32 Å². The van der Waals surface area contributed by atoms with E-state index in [1.165, 1.54) is 12.8 Å². The Morgan fingerprint density at radius 1 is 1.32 bits per heavy atom. The molecule has 0 heterocycles. The summed E-state index contributed by atoms with van der Waals surface area (Å²) in [7, 11) is 0. The molecule has 3 nitrogen and oxygen atoms in total. The molecule has 0 radical (unpaired) electrons. The van der Waals surface area contributed by atoms with Crippen LogP contribution in [0.4, 0.5) is 0 Å². The molecule has 0 saturated heterocycles. The number of hydrogen-bond acceptors (Lipinski definition) is 2. The van der Waals surface area contributed by atoms with Gasteiger partial charge in [-0.25, -0.2) is 0 Å². The second kappa shape index (κ2) is 5.74. The molecule has 104 valence electrons. The molecular formula is C16H24N2O. The van der Waals surface area contributed by atoms with Gasteiger partial charge in [0.2, 0.25) is 5.91 Å². The summed E-state index contributed by atoms with van der Waals surface area (Å²) in [6.07, 6.45) is 3.04. The molecule has 1 aromatic carbocycles. The largest absolute Gasteiger partial charge is 0.354 e. The number of nitrogens with one attached hydrogen (secondary N) is 1. The Morgan fingerprint density at radius 2 is 1.95 bits per heavy atom. The topological polar surface area (TPSA) is 55.1 Å². The van der Waals surface area contributed by atoms with Crippen LogP contribution in [0.15, 0.2) is 30.3 Å². The van der Waals surface area contributed by atoms with Crippen molar-refractivity contribution in [3.05, 3.63) is 35.9 Å². The quantitative estimate of drug-likeness (QED) is 0.823. The van der Waals surface area contributed by atoms with Crippen molar-refractivity contribution in [3.63, 3.8) is 0 Å². The molecule has 1 fully saturated rings. The molecule has 1 amide bonds. The Hall–Kier alpha value is -1.35. The highest BCUT2D eigenvalue weighted by Gasteiger charge is 2.45. The van der Waals surface area contributed by atoms with Crippen LogP contribution in [0.2, 0.25) is 0 Å². The molecule has 1 saturated carbocycles. The predicted octanol–water partition coefficient (Wildman–Crippen LogP) is 2.11. The highest BCUT2D eigenvalue weighted by atomic mass is 16.2. The normalized spacial score (nSPS) is 18.1. The molecule has 1 aliphatic rings. The first-order valence-corrected chi connectivity index (χ1v) is 7.11. The van der Waals surface area contributed by atoms with Crippen LogP contribution in [0, 0.1) is 11.3 Å². The summed E-state index contributed by atoms with van der Waals surface area (Å²) in [6.45, 7) is 5.22. The number of amides is 1. The van der Waals surface area contributed by atoms with Gasteiger partial charge in [0.1, 0.15) is 0 Å². The van der Waals surface area contributed by atoms with Gasteiger partial charge in [0.05, 0.1) is 6.04 Å². The van der Waals surface area contributed by atoms with E-state index >= 15 is 0 Å². The Labute approximate surface area is 115 Å². The van der Waals surface area contributed by atoms with E-state index in [1.54, 1.807) is 0 Å². The third-order valence-electron chi connectivity index (χ3n) is 4.37. The van der Waals surface area contributed by atoms with Crippen molar-refractivity contribution in [2.24, 2.45) is 17.1 Å². The summed E-state index contributed by atoms with van der Waals surface area (Å²) in [5.74, 6) is 0.592. The van der Waals surface area contributed by atoms with Crippen LogP contribution in [0.5, 0.6) is 0 Å². The lowest BCUT2D eigenvalue weighted by Gasteiger charge is -2.21. The summed E-state index contributed by atoms with van der Waals surface area (Å²) in [6, 6.07) is 9.46. The van der Waals surface area contributed by atoms with Crippen molar-refractivity contribution in [2.75, 3.05) is 6.54 Å². The first kappa shape index (κ1) is 14.1. The Bertz CT molecular complexity index is 424. The minimum Gasteiger partial charge on any atom is -0.354 e. The number of rotatable bonds is 6. The molecule has 3 N–H and O–H groups in total. The lowest BCUT2D eigenvalue weighted by atomic mass is 9.92. The average Bonchev–Trinajstić information content (AvgIpc) is 3.18. The third kappa shape index (κ3) is 3.57. The SMILES string of the molecule is CC(C)C1(CNC(=O)C(N)Cc2ccccc2)CC1. The van der Waals surface area contributed by atoms with Crippen molar-refractivity contribution >= 4 is 5.91 Å². The summed E-state index contributed by atoms with van der Waals surface area (Å²) in [4.78, 5) is 12.0. The maximum Gasteiger partial charge on any atom is 0.237 e. The van der Waals surface area contributed by atoms with Gasteiger partial charge >= 0.3 is 0 Å². The van der Waals surface area contributed by atoms with E-state index in [1.807, 2.05) is 30.3 Å². The van der Waals surface area contributed by atoms with Crippen molar-refractivity contribution in [2.45, 2.75) is 39.2 Å². The molecule has 1 atom stereocenters. The van der Waals surface area contributed by atoms with Crippen molar-refractivity contribution in [3.8, 4) is 0 Å². The second-order valence-electron chi connectivity index (χ2n) is 6.03. The fraction of sp³-hybridized carbons (Fsp3) is 0.562. The van der Waals surface area contributed by atoms with Crippen LogP contribution < -0.4 is 11.1 Å². The molecule has 1 aromatic rings. The van der Waals surface area contributed by atoms with Gasteiger partial charge in [-0.1, -0.05) is 44.2 Å². The molecular weight excluding hydrogens is 236 g/mol. The van der Waals surface area contributed by atoms with Gasteiger partial charge in [0.15, 0.2) is 0 Å². The molecule has 2 rings (SSSR count). The highest BCUT2D eigenvalue weighted by Crippen LogP contribution is 2.51. The summed E-state index contributed by atoms with van der Waals surface area (Å²) in [5.41, 5.74) is 7.41. The van der Waals surface area contributed by atoms with Crippen LogP contribution in [0.25, 0.3) is 0 Å². The van der Waals surface area contributed by atoms with Crippen LogP contribution in [-0.4, -0.2) is 18.5 Å². The molecule has 3 heteroatoms. The second-order valence-corrected chi connectivity index (χ2v) is 6.03. The Kier molecular flexibility index (Phi) is 4.25. The number of carbonyl (C=O) groups excluding carboxylic acids is 1. The van der Waals surface area contributed by atoms with E-state index in [-0.39, 0.29) is 5.91 Å². The Balaban J connectivity index is 1.80. The standard InChI is InChI=1S/C16H24N2O/c1-12(2)16(8-9-16)11-18-15(19)14(17)10-13-6-4-3-5-7-13/h3-7,12,14H,8-11,17H2,1-2H3,(H,18,19). The van der Waals surface area contributed by atoms with Crippen LogP contribution >= 0.6 is 0 Å². The smallest absolute Gasteiger partial charge is 0.237 e. The number of benzene rings is 1. The fourth-order valence-corrected chi connectivity index (χ4v) is 2.47. The van der Waals surface area contributed by atoms with E-state index < -0.39 is 6.04 Å². The van der Waals surface area contributed by atoms with Gasteiger partial charge in [-0.05, 0) is 36.2 Å². The fourth-order valence-electron chi connectivity index (χ4n) is 2.47. The molecule has 1 aliphatic carbocycles. The number of hydrogen-bond donors (Lipinski definition) is 2. The number of nitrogens with two attached hydrogens (primary N) is 1. The summed E-state index contributed by atoms with van der Waals surface area (Å²) < 4.78 is 0. The summed E-state index contributed by atoms with van der Waals surface area (Å²) in [5, 5.41) is 3.02. The predicted molar refractivity (Wildman–Crippen MR) is 77.6 cm³/mol. The van der Waals surface area contributed by atoms with Gasteiger partial charge in [0.25, 0.3) is 0 Å². The molecule has 0 spiro atoms.